The van der Waals surface area contributed by atoms with Gasteiger partial charge in [-0.25, -0.2) is 0 Å². The lowest BCUT2D eigenvalue weighted by Gasteiger charge is -2.07. The molecule has 21 heavy (non-hydrogen) atoms. The summed E-state index contributed by atoms with van der Waals surface area (Å²) in [4.78, 5) is 15.8. The fourth-order valence-electron chi connectivity index (χ4n) is 2.38. The van der Waals surface area contributed by atoms with Gasteiger partial charge >= 0.3 is 0 Å². The van der Waals surface area contributed by atoms with Gasteiger partial charge in [-0.15, -0.1) is 0 Å². The Labute approximate surface area is 122 Å². The van der Waals surface area contributed by atoms with Crippen molar-refractivity contribution in [1.29, 1.82) is 0 Å². The number of H-pyrrole nitrogens is 1. The van der Waals surface area contributed by atoms with Crippen LogP contribution in [0.25, 0.3) is 22.0 Å². The summed E-state index contributed by atoms with van der Waals surface area (Å²) in [5.74, 6) is 1.42. The largest absolute Gasteiger partial charge is 0.497 e. The first kappa shape index (κ1) is 13.2. The summed E-state index contributed by atoms with van der Waals surface area (Å²) in [6.45, 7) is 0. The highest BCUT2D eigenvalue weighted by Crippen LogP contribution is 2.24. The summed E-state index contributed by atoms with van der Waals surface area (Å²) in [5.41, 5.74) is 2.16. The van der Waals surface area contributed by atoms with Crippen molar-refractivity contribution in [2.45, 2.75) is 0 Å². The molecule has 3 rings (SSSR count). The molecule has 0 atom stereocenters. The summed E-state index contributed by atoms with van der Waals surface area (Å²) in [6, 6.07) is 12.9. The van der Waals surface area contributed by atoms with Crippen LogP contribution in [0.4, 0.5) is 0 Å². The third kappa shape index (κ3) is 2.25. The van der Waals surface area contributed by atoms with E-state index in [-0.39, 0.29) is 5.43 Å². The van der Waals surface area contributed by atoms with Gasteiger partial charge in [0.05, 0.1) is 19.7 Å². The van der Waals surface area contributed by atoms with Crippen molar-refractivity contribution < 1.29 is 9.47 Å². The number of aromatic nitrogens is 1. The van der Waals surface area contributed by atoms with E-state index in [0.717, 1.165) is 11.3 Å². The van der Waals surface area contributed by atoms with Crippen LogP contribution >= 0.6 is 0 Å². The molecule has 0 aliphatic rings. The summed E-state index contributed by atoms with van der Waals surface area (Å²) in [5, 5.41) is 0.614. The van der Waals surface area contributed by atoms with Gasteiger partial charge in [-0.2, -0.15) is 0 Å². The minimum Gasteiger partial charge on any atom is -0.497 e. The predicted molar refractivity (Wildman–Crippen MR) is 83.1 cm³/mol. The summed E-state index contributed by atoms with van der Waals surface area (Å²) < 4.78 is 10.4. The van der Waals surface area contributed by atoms with Crippen molar-refractivity contribution in [2.24, 2.45) is 0 Å². The van der Waals surface area contributed by atoms with Gasteiger partial charge in [-0.05, 0) is 29.8 Å². The number of hydrogen-bond donors (Lipinski definition) is 1. The molecule has 4 heteroatoms. The number of nitrogens with one attached hydrogen (secondary N) is 1. The van der Waals surface area contributed by atoms with E-state index in [4.69, 9.17) is 9.47 Å². The Morgan fingerprint density at radius 3 is 2.38 bits per heavy atom. The van der Waals surface area contributed by atoms with Crippen molar-refractivity contribution >= 4 is 10.9 Å². The second-order valence-corrected chi connectivity index (χ2v) is 4.64. The maximum Gasteiger partial charge on any atom is 0.197 e. The van der Waals surface area contributed by atoms with Crippen molar-refractivity contribution in [1.82, 2.24) is 4.98 Å². The van der Waals surface area contributed by atoms with E-state index in [1.165, 1.54) is 0 Å². The number of benzene rings is 2. The molecule has 0 saturated carbocycles. The van der Waals surface area contributed by atoms with Crippen LogP contribution in [-0.2, 0) is 0 Å². The first-order chi connectivity index (χ1) is 10.2. The second kappa shape index (κ2) is 5.32. The fourth-order valence-corrected chi connectivity index (χ4v) is 2.38. The molecule has 0 bridgehead atoms. The van der Waals surface area contributed by atoms with Crippen molar-refractivity contribution in [3.05, 3.63) is 58.9 Å². The molecule has 0 unspecified atom stereocenters. The standard InChI is InChI=1S/C17H15NO3/c1-20-12-8-6-11(7-9-12)14-10-18-16-13(17(14)19)4-3-5-15(16)21-2/h3-10H,1-2H3,(H,18,19). The van der Waals surface area contributed by atoms with Gasteiger partial charge in [0.25, 0.3) is 0 Å². The molecule has 1 aromatic heterocycles. The molecule has 0 spiro atoms. The lowest BCUT2D eigenvalue weighted by atomic mass is 10.0. The van der Waals surface area contributed by atoms with Crippen LogP contribution < -0.4 is 14.9 Å². The van der Waals surface area contributed by atoms with Crippen molar-refractivity contribution in [2.75, 3.05) is 14.2 Å². The number of hydrogen-bond acceptors (Lipinski definition) is 3. The minimum absolute atomic E-state index is 0.0205. The van der Waals surface area contributed by atoms with Crippen molar-refractivity contribution in [3.63, 3.8) is 0 Å². The van der Waals surface area contributed by atoms with Gasteiger partial charge in [0, 0.05) is 17.1 Å². The Bertz CT molecular complexity index is 835. The topological polar surface area (TPSA) is 51.3 Å². The van der Waals surface area contributed by atoms with Crippen LogP contribution in [-0.4, -0.2) is 19.2 Å². The number of methoxy groups -OCH3 is 2. The van der Waals surface area contributed by atoms with E-state index in [2.05, 4.69) is 4.98 Å². The van der Waals surface area contributed by atoms with Crippen LogP contribution in [0, 0.1) is 0 Å². The Morgan fingerprint density at radius 1 is 0.952 bits per heavy atom. The molecule has 106 valence electrons. The van der Waals surface area contributed by atoms with Crippen LogP contribution in [0.3, 0.4) is 0 Å². The highest BCUT2D eigenvalue weighted by molar-refractivity contribution is 5.87. The summed E-state index contributed by atoms with van der Waals surface area (Å²) in [7, 11) is 3.20. The molecule has 0 aliphatic heterocycles. The third-order valence-electron chi connectivity index (χ3n) is 3.50. The van der Waals surface area contributed by atoms with Crippen LogP contribution in [0.1, 0.15) is 0 Å². The van der Waals surface area contributed by atoms with E-state index in [1.807, 2.05) is 36.4 Å². The van der Waals surface area contributed by atoms with Gasteiger partial charge in [0.2, 0.25) is 0 Å². The zero-order valence-electron chi connectivity index (χ0n) is 11.8. The molecule has 1 heterocycles. The number of ether oxygens (including phenoxy) is 2. The van der Waals surface area contributed by atoms with E-state index in [9.17, 15) is 4.79 Å². The van der Waals surface area contributed by atoms with Crippen LogP contribution in [0.2, 0.25) is 0 Å². The van der Waals surface area contributed by atoms with Gasteiger partial charge in [0.15, 0.2) is 5.43 Å². The SMILES string of the molecule is COc1ccc(-c2c[nH]c3c(OC)cccc3c2=O)cc1. The predicted octanol–water partition coefficient (Wildman–Crippen LogP) is 3.21. The monoisotopic (exact) mass is 281 g/mol. The zero-order chi connectivity index (χ0) is 14.8. The first-order valence-corrected chi connectivity index (χ1v) is 6.57. The average molecular weight is 281 g/mol. The Morgan fingerprint density at radius 2 is 1.71 bits per heavy atom. The van der Waals surface area contributed by atoms with Gasteiger partial charge in [0.1, 0.15) is 11.5 Å². The van der Waals surface area contributed by atoms with E-state index >= 15 is 0 Å². The summed E-state index contributed by atoms with van der Waals surface area (Å²) in [6.07, 6.45) is 1.72. The number of pyridine rings is 1. The molecule has 0 aliphatic carbocycles. The Balaban J connectivity index is 2.20. The molecule has 1 N–H and O–H groups in total. The molecule has 0 fully saturated rings. The Kier molecular flexibility index (Phi) is 3.36. The molecule has 0 amide bonds. The quantitative estimate of drug-likeness (QED) is 0.802. The molecular weight excluding hydrogens is 266 g/mol. The third-order valence-corrected chi connectivity index (χ3v) is 3.50. The minimum atomic E-state index is -0.0205. The summed E-state index contributed by atoms with van der Waals surface area (Å²) >= 11 is 0. The fraction of sp³-hybridized carbons (Fsp3) is 0.118. The van der Waals surface area contributed by atoms with E-state index < -0.39 is 0 Å². The smallest absolute Gasteiger partial charge is 0.197 e. The molecule has 2 aromatic carbocycles. The molecule has 3 aromatic rings. The second-order valence-electron chi connectivity index (χ2n) is 4.64. The van der Waals surface area contributed by atoms with Gasteiger partial charge in [-0.3, -0.25) is 4.79 Å². The number of aromatic amines is 1. The Hall–Kier alpha value is -2.75. The van der Waals surface area contributed by atoms with Crippen molar-refractivity contribution in [3.8, 4) is 22.6 Å². The molecule has 4 nitrogen and oxygen atoms in total. The van der Waals surface area contributed by atoms with Gasteiger partial charge < -0.3 is 14.5 Å². The van der Waals surface area contributed by atoms with Gasteiger partial charge in [-0.1, -0.05) is 18.2 Å². The van der Waals surface area contributed by atoms with E-state index in [1.54, 1.807) is 26.5 Å². The highest BCUT2D eigenvalue weighted by Gasteiger charge is 2.10. The lowest BCUT2D eigenvalue weighted by Crippen LogP contribution is -2.07. The number of rotatable bonds is 3. The van der Waals surface area contributed by atoms with Crippen LogP contribution in [0.15, 0.2) is 53.5 Å². The maximum atomic E-state index is 12.6. The van der Waals surface area contributed by atoms with Crippen LogP contribution in [0.5, 0.6) is 11.5 Å². The van der Waals surface area contributed by atoms with E-state index in [0.29, 0.717) is 22.2 Å². The normalized spacial score (nSPS) is 10.6. The number of fused-ring (bicyclic) bond motifs is 1. The molecular formula is C17H15NO3. The average Bonchev–Trinajstić information content (AvgIpc) is 2.55. The maximum absolute atomic E-state index is 12.6. The molecule has 0 radical (unpaired) electrons. The highest BCUT2D eigenvalue weighted by atomic mass is 16.5. The zero-order valence-corrected chi connectivity index (χ0v) is 11.8. The first-order valence-electron chi connectivity index (χ1n) is 6.57. The lowest BCUT2D eigenvalue weighted by molar-refractivity contribution is 0.415. The number of para-hydroxylation sites is 1. The molecule has 0 saturated heterocycles.